The van der Waals surface area contributed by atoms with Gasteiger partial charge in [0.25, 0.3) is 0 Å². The lowest BCUT2D eigenvalue weighted by atomic mass is 10.2. The smallest absolute Gasteiger partial charge is 0.139 e. The van der Waals surface area contributed by atoms with Gasteiger partial charge in [0.05, 0.1) is 22.3 Å². The van der Waals surface area contributed by atoms with E-state index in [9.17, 15) is 0 Å². The summed E-state index contributed by atoms with van der Waals surface area (Å²) in [7, 11) is 0. The van der Waals surface area contributed by atoms with Gasteiger partial charge in [-0.15, -0.1) is 0 Å². The highest BCUT2D eigenvalue weighted by molar-refractivity contribution is 6.33. The molecule has 1 aromatic heterocycles. The topological polar surface area (TPSA) is 87.6 Å². The van der Waals surface area contributed by atoms with E-state index >= 15 is 0 Å². The minimum Gasteiger partial charge on any atom is -0.383 e. The second-order valence-electron chi connectivity index (χ2n) is 3.87. The fourth-order valence-corrected chi connectivity index (χ4v) is 1.87. The van der Waals surface area contributed by atoms with Crippen molar-refractivity contribution in [3.05, 3.63) is 40.7 Å². The second-order valence-corrected chi connectivity index (χ2v) is 4.28. The van der Waals surface area contributed by atoms with E-state index in [1.54, 1.807) is 18.2 Å². The molecule has 0 radical (unpaired) electrons. The van der Waals surface area contributed by atoms with Crippen LogP contribution in [0.3, 0.4) is 0 Å². The molecule has 0 saturated carbocycles. The van der Waals surface area contributed by atoms with Gasteiger partial charge in [0.1, 0.15) is 18.0 Å². The highest BCUT2D eigenvalue weighted by atomic mass is 35.5. The molecule has 19 heavy (non-hydrogen) atoms. The van der Waals surface area contributed by atoms with Gasteiger partial charge in [-0.05, 0) is 24.6 Å². The van der Waals surface area contributed by atoms with Crippen molar-refractivity contribution in [3.8, 4) is 6.07 Å². The molecule has 0 aliphatic heterocycles. The van der Waals surface area contributed by atoms with Crippen molar-refractivity contribution in [2.75, 3.05) is 11.1 Å². The number of halogens is 1. The van der Waals surface area contributed by atoms with Crippen LogP contribution in [0.15, 0.2) is 24.5 Å². The molecule has 0 unspecified atom stereocenters. The molecule has 0 aliphatic rings. The Morgan fingerprint density at radius 1 is 1.42 bits per heavy atom. The minimum atomic E-state index is 0.438. The number of nitriles is 1. The van der Waals surface area contributed by atoms with E-state index < -0.39 is 0 Å². The van der Waals surface area contributed by atoms with Gasteiger partial charge >= 0.3 is 0 Å². The van der Waals surface area contributed by atoms with Crippen molar-refractivity contribution in [2.24, 2.45) is 0 Å². The summed E-state index contributed by atoms with van der Waals surface area (Å²) in [6.07, 6.45) is 2.09. The number of nitrogens with two attached hydrogens (primary N) is 1. The molecule has 2 rings (SSSR count). The van der Waals surface area contributed by atoms with Crippen LogP contribution in [0.4, 0.5) is 17.3 Å². The summed E-state index contributed by atoms with van der Waals surface area (Å²) in [5.41, 5.74) is 7.76. The lowest BCUT2D eigenvalue weighted by Crippen LogP contribution is -2.04. The van der Waals surface area contributed by atoms with Crippen LogP contribution in [0.1, 0.15) is 18.1 Å². The standard InChI is InChI=1S/C13H12ClN5/c1-2-9-12(16)17-7-18-13(9)19-11-5-8(6-15)3-4-10(11)14/h3-5,7H,2H2,1H3,(H3,16,17,18,19). The Labute approximate surface area is 116 Å². The quantitative estimate of drug-likeness (QED) is 0.898. The Morgan fingerprint density at radius 3 is 2.89 bits per heavy atom. The van der Waals surface area contributed by atoms with Gasteiger partial charge in [-0.25, -0.2) is 9.97 Å². The van der Waals surface area contributed by atoms with Crippen molar-refractivity contribution >= 4 is 28.9 Å². The monoisotopic (exact) mass is 273 g/mol. The van der Waals surface area contributed by atoms with Crippen LogP contribution >= 0.6 is 11.6 Å². The molecule has 96 valence electrons. The average Bonchev–Trinajstić information content (AvgIpc) is 2.41. The van der Waals surface area contributed by atoms with Crippen molar-refractivity contribution < 1.29 is 0 Å². The molecule has 2 aromatic rings. The van der Waals surface area contributed by atoms with E-state index in [-0.39, 0.29) is 0 Å². The van der Waals surface area contributed by atoms with Gasteiger partial charge in [-0.1, -0.05) is 18.5 Å². The van der Waals surface area contributed by atoms with Crippen molar-refractivity contribution in [1.82, 2.24) is 9.97 Å². The van der Waals surface area contributed by atoms with Crippen molar-refractivity contribution in [3.63, 3.8) is 0 Å². The number of anilines is 3. The average molecular weight is 274 g/mol. The van der Waals surface area contributed by atoms with Crippen LogP contribution in [-0.4, -0.2) is 9.97 Å². The van der Waals surface area contributed by atoms with E-state index in [0.29, 0.717) is 34.3 Å². The third-order valence-electron chi connectivity index (χ3n) is 2.68. The molecular weight excluding hydrogens is 262 g/mol. The number of benzene rings is 1. The maximum Gasteiger partial charge on any atom is 0.139 e. The first-order chi connectivity index (χ1) is 9.15. The van der Waals surface area contributed by atoms with Crippen molar-refractivity contribution in [2.45, 2.75) is 13.3 Å². The number of hydrogen-bond acceptors (Lipinski definition) is 5. The number of nitrogens with one attached hydrogen (secondary N) is 1. The maximum atomic E-state index is 8.90. The zero-order valence-electron chi connectivity index (χ0n) is 10.3. The Hall–Kier alpha value is -2.32. The minimum absolute atomic E-state index is 0.438. The van der Waals surface area contributed by atoms with Gasteiger partial charge in [0, 0.05) is 5.56 Å². The molecule has 1 aromatic carbocycles. The molecule has 6 heteroatoms. The van der Waals surface area contributed by atoms with Crippen LogP contribution in [0.5, 0.6) is 0 Å². The summed E-state index contributed by atoms with van der Waals surface area (Å²) in [6.45, 7) is 1.97. The zero-order chi connectivity index (χ0) is 13.8. The predicted octanol–water partition coefficient (Wildman–Crippen LogP) is 2.89. The molecule has 0 saturated heterocycles. The molecule has 0 amide bonds. The van der Waals surface area contributed by atoms with Crippen LogP contribution in [0.25, 0.3) is 0 Å². The lowest BCUT2D eigenvalue weighted by molar-refractivity contribution is 1.06. The molecule has 5 nitrogen and oxygen atoms in total. The molecule has 3 N–H and O–H groups in total. The summed E-state index contributed by atoms with van der Waals surface area (Å²) in [5.74, 6) is 1.04. The van der Waals surface area contributed by atoms with Gasteiger partial charge in [-0.2, -0.15) is 5.26 Å². The Morgan fingerprint density at radius 2 is 2.21 bits per heavy atom. The van der Waals surface area contributed by atoms with Gasteiger partial charge in [-0.3, -0.25) is 0 Å². The predicted molar refractivity (Wildman–Crippen MR) is 75.3 cm³/mol. The largest absolute Gasteiger partial charge is 0.383 e. The van der Waals surface area contributed by atoms with Gasteiger partial charge in [0.15, 0.2) is 0 Å². The highest BCUT2D eigenvalue weighted by Crippen LogP contribution is 2.28. The van der Waals surface area contributed by atoms with Crippen LogP contribution in [-0.2, 0) is 6.42 Å². The van der Waals surface area contributed by atoms with Crippen LogP contribution in [0, 0.1) is 11.3 Å². The number of nitrogen functional groups attached to an aromatic ring is 1. The van der Waals surface area contributed by atoms with E-state index in [2.05, 4.69) is 21.4 Å². The van der Waals surface area contributed by atoms with Gasteiger partial charge < -0.3 is 11.1 Å². The first-order valence-electron chi connectivity index (χ1n) is 5.71. The van der Waals surface area contributed by atoms with Gasteiger partial charge in [0.2, 0.25) is 0 Å². The van der Waals surface area contributed by atoms with Crippen LogP contribution < -0.4 is 11.1 Å². The molecule has 0 aliphatic carbocycles. The summed E-state index contributed by atoms with van der Waals surface area (Å²) in [5, 5.41) is 12.5. The normalized spacial score (nSPS) is 9.95. The third kappa shape index (κ3) is 2.75. The van der Waals surface area contributed by atoms with Crippen LogP contribution in [0.2, 0.25) is 5.02 Å². The van der Waals surface area contributed by atoms with E-state index in [1.807, 2.05) is 6.92 Å². The number of nitrogens with zero attached hydrogens (tertiary/aromatic N) is 3. The Balaban J connectivity index is 2.42. The second kappa shape index (κ2) is 5.55. The Bertz CT molecular complexity index is 648. The molecule has 0 fully saturated rings. The fourth-order valence-electron chi connectivity index (χ4n) is 1.70. The lowest BCUT2D eigenvalue weighted by Gasteiger charge is -2.12. The zero-order valence-corrected chi connectivity index (χ0v) is 11.1. The summed E-state index contributed by atoms with van der Waals surface area (Å²) in [6, 6.07) is 7.05. The number of aromatic nitrogens is 2. The molecule has 0 atom stereocenters. The molecule has 1 heterocycles. The number of rotatable bonds is 3. The van der Waals surface area contributed by atoms with E-state index in [0.717, 1.165) is 5.56 Å². The molecular formula is C13H12ClN5. The van der Waals surface area contributed by atoms with Crippen molar-refractivity contribution in [1.29, 1.82) is 5.26 Å². The first-order valence-corrected chi connectivity index (χ1v) is 6.09. The molecule has 0 spiro atoms. The SMILES string of the molecule is CCc1c(N)ncnc1Nc1cc(C#N)ccc1Cl. The number of hydrogen-bond donors (Lipinski definition) is 2. The van der Waals surface area contributed by atoms with E-state index in [1.165, 1.54) is 6.33 Å². The highest BCUT2D eigenvalue weighted by Gasteiger charge is 2.09. The maximum absolute atomic E-state index is 8.90. The molecule has 0 bridgehead atoms. The first kappa shape index (κ1) is 13.1. The summed E-state index contributed by atoms with van der Waals surface area (Å²) >= 11 is 6.09. The Kier molecular flexibility index (Phi) is 3.83. The summed E-state index contributed by atoms with van der Waals surface area (Å²) in [4.78, 5) is 8.11. The van der Waals surface area contributed by atoms with E-state index in [4.69, 9.17) is 22.6 Å². The third-order valence-corrected chi connectivity index (χ3v) is 3.01. The fraction of sp³-hybridized carbons (Fsp3) is 0.154. The summed E-state index contributed by atoms with van der Waals surface area (Å²) < 4.78 is 0.